The van der Waals surface area contributed by atoms with Gasteiger partial charge in [-0.25, -0.2) is 4.39 Å². The van der Waals surface area contributed by atoms with Crippen LogP contribution in [0.15, 0.2) is 22.7 Å². The molecule has 0 aliphatic carbocycles. The number of ether oxygens (including phenoxy) is 1. The average molecular weight is 382 g/mol. The molecule has 1 aromatic carbocycles. The third-order valence-corrected chi connectivity index (χ3v) is 4.10. The van der Waals surface area contributed by atoms with Crippen LogP contribution in [0, 0.1) is 19.7 Å². The van der Waals surface area contributed by atoms with Gasteiger partial charge in [-0.15, -0.1) is 0 Å². The molecule has 1 atom stereocenters. The molecule has 0 radical (unpaired) electrons. The van der Waals surface area contributed by atoms with E-state index >= 15 is 0 Å². The molecule has 1 N–H and O–H groups in total. The Morgan fingerprint density at radius 1 is 1.30 bits per heavy atom. The van der Waals surface area contributed by atoms with Crippen LogP contribution < -0.4 is 4.74 Å². The summed E-state index contributed by atoms with van der Waals surface area (Å²) in [5, 5.41) is 0. The lowest BCUT2D eigenvalue weighted by molar-refractivity contribution is 0.0806. The normalized spacial score (nSPS) is 12.1. The summed E-state index contributed by atoms with van der Waals surface area (Å²) in [5.74, 6) is -0.993. The summed E-state index contributed by atoms with van der Waals surface area (Å²) in [5.41, 5.74) is 2.06. The second-order valence-electron chi connectivity index (χ2n) is 5.38. The first-order valence-corrected chi connectivity index (χ1v) is 7.87. The molecule has 1 aromatic heterocycles. The van der Waals surface area contributed by atoms with Crippen molar-refractivity contribution in [1.29, 1.82) is 0 Å². The molecule has 1 heterocycles. The zero-order valence-corrected chi connectivity index (χ0v) is 14.9. The summed E-state index contributed by atoms with van der Waals surface area (Å²) in [6.07, 6.45) is -0.887. The zero-order chi connectivity index (χ0) is 17.3. The molecule has 4 nitrogen and oxygen atoms in total. The smallest absolute Gasteiger partial charge is 0.219 e. The summed E-state index contributed by atoms with van der Waals surface area (Å²) in [6, 6.07) is 4.36. The summed E-state index contributed by atoms with van der Waals surface area (Å²) in [6.45, 7) is 6.45. The number of ketones is 2. The Labute approximate surface area is 142 Å². The first-order chi connectivity index (χ1) is 10.7. The molecule has 0 aliphatic rings. The summed E-state index contributed by atoms with van der Waals surface area (Å²) in [7, 11) is 0. The van der Waals surface area contributed by atoms with Crippen LogP contribution in [0.2, 0.25) is 0 Å². The van der Waals surface area contributed by atoms with E-state index in [0.29, 0.717) is 27.0 Å². The van der Waals surface area contributed by atoms with Gasteiger partial charge in [0.25, 0.3) is 0 Å². The van der Waals surface area contributed by atoms with Gasteiger partial charge in [-0.2, -0.15) is 0 Å². The summed E-state index contributed by atoms with van der Waals surface area (Å²) < 4.78 is 19.8. The Morgan fingerprint density at radius 2 is 1.96 bits per heavy atom. The molecule has 122 valence electrons. The quantitative estimate of drug-likeness (QED) is 0.781. The Kier molecular flexibility index (Phi) is 5.04. The number of hydrogen-bond acceptors (Lipinski definition) is 3. The van der Waals surface area contributed by atoms with E-state index in [-0.39, 0.29) is 17.3 Å². The fourth-order valence-corrected chi connectivity index (χ4v) is 2.88. The first kappa shape index (κ1) is 17.4. The van der Waals surface area contributed by atoms with E-state index in [1.165, 1.54) is 19.1 Å². The highest BCUT2D eigenvalue weighted by atomic mass is 79.9. The van der Waals surface area contributed by atoms with Crippen LogP contribution in [0.5, 0.6) is 5.75 Å². The van der Waals surface area contributed by atoms with Crippen LogP contribution in [0.3, 0.4) is 0 Å². The van der Waals surface area contributed by atoms with Crippen LogP contribution >= 0.6 is 15.9 Å². The fraction of sp³-hybridized carbons (Fsp3) is 0.294. The SMILES string of the molecule is CC(=O)c1c(C)[nH]c(C(=O)[C@@H](C)Oc2ccc(Br)cc2F)c1C. The number of aromatic amines is 1. The molecule has 0 spiro atoms. The monoisotopic (exact) mass is 381 g/mol. The molecule has 0 unspecified atom stereocenters. The lowest BCUT2D eigenvalue weighted by Gasteiger charge is -2.14. The molecule has 0 saturated heterocycles. The maximum Gasteiger partial charge on any atom is 0.219 e. The molecular weight excluding hydrogens is 365 g/mol. The van der Waals surface area contributed by atoms with Crippen molar-refractivity contribution in [2.75, 3.05) is 0 Å². The molecule has 0 amide bonds. The average Bonchev–Trinajstić information content (AvgIpc) is 2.76. The van der Waals surface area contributed by atoms with Crippen molar-refractivity contribution < 1.29 is 18.7 Å². The number of aromatic nitrogens is 1. The summed E-state index contributed by atoms with van der Waals surface area (Å²) in [4.78, 5) is 27.1. The third kappa shape index (κ3) is 3.52. The molecule has 0 aliphatic heterocycles. The van der Waals surface area contributed by atoms with E-state index in [1.807, 2.05) is 0 Å². The predicted octanol–water partition coefficient (Wildman–Crippen LogP) is 4.39. The van der Waals surface area contributed by atoms with Crippen LogP contribution in [0.25, 0.3) is 0 Å². The number of nitrogens with one attached hydrogen (secondary N) is 1. The minimum atomic E-state index is -0.887. The number of rotatable bonds is 5. The second-order valence-corrected chi connectivity index (χ2v) is 6.30. The van der Waals surface area contributed by atoms with Gasteiger partial charge in [-0.05, 0) is 51.5 Å². The van der Waals surface area contributed by atoms with Crippen molar-refractivity contribution in [3.05, 3.63) is 51.0 Å². The van der Waals surface area contributed by atoms with Gasteiger partial charge in [0.05, 0.1) is 5.69 Å². The number of hydrogen-bond donors (Lipinski definition) is 1. The topological polar surface area (TPSA) is 59.2 Å². The predicted molar refractivity (Wildman–Crippen MR) is 88.8 cm³/mol. The van der Waals surface area contributed by atoms with Crippen LogP contribution in [0.1, 0.15) is 46.0 Å². The highest BCUT2D eigenvalue weighted by Gasteiger charge is 2.25. The summed E-state index contributed by atoms with van der Waals surface area (Å²) >= 11 is 3.16. The number of aryl methyl sites for hydroxylation is 1. The Bertz CT molecular complexity index is 782. The van der Waals surface area contributed by atoms with Crippen molar-refractivity contribution in [2.45, 2.75) is 33.8 Å². The van der Waals surface area contributed by atoms with Gasteiger partial charge >= 0.3 is 0 Å². The molecule has 0 bridgehead atoms. The number of halogens is 2. The highest BCUT2D eigenvalue weighted by Crippen LogP contribution is 2.24. The van der Waals surface area contributed by atoms with Crippen LogP contribution in [-0.2, 0) is 0 Å². The molecule has 6 heteroatoms. The van der Waals surface area contributed by atoms with Gasteiger partial charge in [0.1, 0.15) is 0 Å². The molecule has 2 aromatic rings. The van der Waals surface area contributed by atoms with Crippen LogP contribution in [0.4, 0.5) is 4.39 Å². The van der Waals surface area contributed by atoms with Gasteiger partial charge in [-0.1, -0.05) is 15.9 Å². The highest BCUT2D eigenvalue weighted by molar-refractivity contribution is 9.10. The van der Waals surface area contributed by atoms with Gasteiger partial charge in [-0.3, -0.25) is 9.59 Å². The number of H-pyrrole nitrogens is 1. The molecule has 23 heavy (non-hydrogen) atoms. The molecular formula is C17H17BrFNO3. The van der Waals surface area contributed by atoms with Crippen LogP contribution in [-0.4, -0.2) is 22.7 Å². The second kappa shape index (κ2) is 6.66. The Balaban J connectivity index is 2.27. The maximum absolute atomic E-state index is 13.8. The largest absolute Gasteiger partial charge is 0.479 e. The number of carbonyl (C=O) groups is 2. The molecule has 2 rings (SSSR count). The number of carbonyl (C=O) groups excluding carboxylic acids is 2. The molecule has 0 fully saturated rings. The van der Waals surface area contributed by atoms with Crippen molar-refractivity contribution in [3.8, 4) is 5.75 Å². The van der Waals surface area contributed by atoms with Crippen molar-refractivity contribution >= 4 is 27.5 Å². The van der Waals surface area contributed by atoms with Gasteiger partial charge < -0.3 is 9.72 Å². The lowest BCUT2D eigenvalue weighted by atomic mass is 10.0. The van der Waals surface area contributed by atoms with Gasteiger partial charge in [0.2, 0.25) is 5.78 Å². The number of Topliss-reactive ketones (excluding diaryl/α,β-unsaturated/α-hetero) is 2. The van der Waals surface area contributed by atoms with Crippen molar-refractivity contribution in [1.82, 2.24) is 4.98 Å². The Hall–Kier alpha value is -1.95. The minimum Gasteiger partial charge on any atom is -0.479 e. The van der Waals surface area contributed by atoms with E-state index in [2.05, 4.69) is 20.9 Å². The van der Waals surface area contributed by atoms with E-state index in [4.69, 9.17) is 4.74 Å². The lowest BCUT2D eigenvalue weighted by Crippen LogP contribution is -2.25. The van der Waals surface area contributed by atoms with E-state index in [1.54, 1.807) is 26.8 Å². The van der Waals surface area contributed by atoms with Gasteiger partial charge in [0, 0.05) is 15.7 Å². The molecule has 0 saturated carbocycles. The third-order valence-electron chi connectivity index (χ3n) is 3.60. The van der Waals surface area contributed by atoms with E-state index in [0.717, 1.165) is 0 Å². The standard InChI is InChI=1S/C17H17BrFNO3/c1-8-15(10(3)21)9(2)20-16(8)17(22)11(4)23-14-6-5-12(18)7-13(14)19/h5-7,11,20H,1-4H3/t11-/m1/s1. The zero-order valence-electron chi connectivity index (χ0n) is 13.3. The van der Waals surface area contributed by atoms with E-state index in [9.17, 15) is 14.0 Å². The first-order valence-electron chi connectivity index (χ1n) is 7.08. The minimum absolute atomic E-state index is 0.00164. The Morgan fingerprint density at radius 3 is 2.48 bits per heavy atom. The van der Waals surface area contributed by atoms with Crippen molar-refractivity contribution in [3.63, 3.8) is 0 Å². The maximum atomic E-state index is 13.8. The van der Waals surface area contributed by atoms with E-state index < -0.39 is 11.9 Å². The number of benzene rings is 1. The van der Waals surface area contributed by atoms with Gasteiger partial charge in [0.15, 0.2) is 23.5 Å². The fourth-order valence-electron chi connectivity index (χ4n) is 2.54. The van der Waals surface area contributed by atoms with Crippen molar-refractivity contribution in [2.24, 2.45) is 0 Å².